The number of quaternary nitrogens is 1. The fourth-order valence-corrected chi connectivity index (χ4v) is 3.46. The minimum Gasteiger partial charge on any atom is -0.545 e. The number of aliphatic hydroxyl groups is 1. The van der Waals surface area contributed by atoms with Crippen LogP contribution in [0, 0.1) is 0 Å². The van der Waals surface area contributed by atoms with Gasteiger partial charge in [-0.1, -0.05) is 81.2 Å². The molecule has 0 aliphatic rings. The van der Waals surface area contributed by atoms with E-state index in [1.807, 2.05) is 21.1 Å². The molecule has 0 aromatic heterocycles. The lowest BCUT2D eigenvalue weighted by Crippen LogP contribution is -2.44. The van der Waals surface area contributed by atoms with Gasteiger partial charge in [-0.3, -0.25) is 4.79 Å². The summed E-state index contributed by atoms with van der Waals surface area (Å²) in [6, 6.07) is 0. The number of rotatable bonds is 26. The Kier molecular flexibility index (Phi) is 24.2. The van der Waals surface area contributed by atoms with Gasteiger partial charge in [0.15, 0.2) is 6.29 Å². The molecule has 0 aliphatic heterocycles. The van der Waals surface area contributed by atoms with E-state index < -0.39 is 18.4 Å². The number of aliphatic carboxylic acids is 1. The van der Waals surface area contributed by atoms with Crippen molar-refractivity contribution in [3.8, 4) is 0 Å². The first-order valence-corrected chi connectivity index (χ1v) is 14.8. The van der Waals surface area contributed by atoms with Crippen molar-refractivity contribution in [1.29, 1.82) is 0 Å². The van der Waals surface area contributed by atoms with Gasteiger partial charge >= 0.3 is 5.97 Å². The molecule has 2 atom stereocenters. The second kappa shape index (κ2) is 25.7. The zero-order valence-electron chi connectivity index (χ0n) is 25.4. The molecule has 0 amide bonds. The van der Waals surface area contributed by atoms with E-state index in [-0.39, 0.29) is 25.8 Å². The first kappa shape index (κ1) is 37.7. The van der Waals surface area contributed by atoms with Gasteiger partial charge in [0.2, 0.25) is 0 Å². The number of likely N-dealkylation sites (N-methyl/N-ethyl adjacent to an activating group) is 1. The zero-order valence-corrected chi connectivity index (χ0v) is 25.4. The van der Waals surface area contributed by atoms with Crippen LogP contribution in [0.25, 0.3) is 0 Å². The van der Waals surface area contributed by atoms with E-state index in [1.165, 1.54) is 12.8 Å². The number of hydrogen-bond acceptors (Lipinski definition) is 7. The van der Waals surface area contributed by atoms with Gasteiger partial charge in [0.05, 0.1) is 40.3 Å². The second-order valence-electron chi connectivity index (χ2n) is 10.9. The predicted octanol–water partition coefficient (Wildman–Crippen LogP) is 4.63. The Morgan fingerprint density at radius 1 is 0.775 bits per heavy atom. The van der Waals surface area contributed by atoms with Gasteiger partial charge in [-0.25, -0.2) is 0 Å². The number of unbranched alkanes of at least 4 members (excludes halogenated alkanes) is 6. The highest BCUT2D eigenvalue weighted by molar-refractivity contribution is 5.69. The summed E-state index contributed by atoms with van der Waals surface area (Å²) in [6.45, 7) is 2.30. The zero-order chi connectivity index (χ0) is 29.9. The van der Waals surface area contributed by atoms with Gasteiger partial charge in [-0.05, 0) is 44.9 Å². The van der Waals surface area contributed by atoms with Crippen molar-refractivity contribution in [1.82, 2.24) is 0 Å². The van der Waals surface area contributed by atoms with Crippen LogP contribution in [0.5, 0.6) is 0 Å². The molecule has 0 saturated heterocycles. The average Bonchev–Trinajstić information content (AvgIpc) is 2.89. The number of carboxylic acid groups (broad SMARTS) is 1. The molecule has 0 rings (SSSR count). The van der Waals surface area contributed by atoms with Gasteiger partial charge in [0.25, 0.3) is 0 Å². The van der Waals surface area contributed by atoms with Crippen LogP contribution in [0.3, 0.4) is 0 Å². The highest BCUT2D eigenvalue weighted by Gasteiger charge is 2.17. The molecule has 8 heteroatoms. The number of nitrogens with zero attached hydrogens (tertiary/aromatic N) is 1. The normalized spacial score (nSPS) is 14.1. The summed E-state index contributed by atoms with van der Waals surface area (Å²) < 4.78 is 15.9. The van der Waals surface area contributed by atoms with Crippen molar-refractivity contribution in [2.45, 2.75) is 96.4 Å². The monoisotopic (exact) mass is 565 g/mol. The van der Waals surface area contributed by atoms with E-state index >= 15 is 0 Å². The van der Waals surface area contributed by atoms with Gasteiger partial charge < -0.3 is 33.7 Å². The van der Waals surface area contributed by atoms with Crippen molar-refractivity contribution in [2.75, 3.05) is 47.5 Å². The van der Waals surface area contributed by atoms with Crippen molar-refractivity contribution in [2.24, 2.45) is 0 Å². The Bertz CT molecular complexity index is 753. The van der Waals surface area contributed by atoms with Crippen LogP contribution in [0.2, 0.25) is 0 Å². The third-order valence-electron chi connectivity index (χ3n) is 5.82. The largest absolute Gasteiger partial charge is 0.545 e. The fraction of sp³-hybridized carbons (Fsp3) is 0.688. The lowest BCUT2D eigenvalue weighted by molar-refractivity contribution is -0.870. The number of aliphatic hydroxyl groups excluding tert-OH is 1. The van der Waals surface area contributed by atoms with Gasteiger partial charge in [0, 0.05) is 6.42 Å². The third kappa shape index (κ3) is 27.3. The van der Waals surface area contributed by atoms with E-state index in [0.717, 1.165) is 57.8 Å². The summed E-state index contributed by atoms with van der Waals surface area (Å²) in [5, 5.41) is 21.1. The minimum atomic E-state index is -1.58. The number of hydrogen-bond donors (Lipinski definition) is 1. The van der Waals surface area contributed by atoms with E-state index in [0.29, 0.717) is 17.4 Å². The summed E-state index contributed by atoms with van der Waals surface area (Å²) in [7, 11) is 5.85. The van der Waals surface area contributed by atoms with Crippen LogP contribution in [-0.4, -0.2) is 81.4 Å². The van der Waals surface area contributed by atoms with Crippen molar-refractivity contribution < 1.29 is 38.5 Å². The molecule has 0 heterocycles. The quantitative estimate of drug-likeness (QED) is 0.0536. The van der Waals surface area contributed by atoms with Crippen LogP contribution in [0.15, 0.2) is 48.6 Å². The summed E-state index contributed by atoms with van der Waals surface area (Å²) in [4.78, 5) is 23.0. The number of carbonyl (C=O) groups excluding carboxylic acids is 2. The smallest absolute Gasteiger partial charge is 0.305 e. The summed E-state index contributed by atoms with van der Waals surface area (Å²) in [5.74, 6) is -1.89. The lowest BCUT2D eigenvalue weighted by atomic mass is 10.1. The first-order chi connectivity index (χ1) is 19.2. The van der Waals surface area contributed by atoms with Crippen LogP contribution in [-0.2, 0) is 23.8 Å². The van der Waals surface area contributed by atoms with E-state index in [4.69, 9.17) is 14.2 Å². The van der Waals surface area contributed by atoms with Crippen LogP contribution >= 0.6 is 0 Å². The molecule has 40 heavy (non-hydrogen) atoms. The number of carboxylic acids is 1. The maximum Gasteiger partial charge on any atom is 0.305 e. The molecule has 2 unspecified atom stereocenters. The van der Waals surface area contributed by atoms with Crippen molar-refractivity contribution in [3.63, 3.8) is 0 Å². The minimum absolute atomic E-state index is 0.165. The number of carbonyl (C=O) groups is 2. The molecule has 0 bridgehead atoms. The first-order valence-electron chi connectivity index (χ1n) is 14.8. The molecule has 0 saturated carbocycles. The highest BCUT2D eigenvalue weighted by Crippen LogP contribution is 2.10. The second-order valence-corrected chi connectivity index (χ2v) is 10.9. The lowest BCUT2D eigenvalue weighted by Gasteiger charge is -2.26. The molecule has 0 fully saturated rings. The average molecular weight is 566 g/mol. The molecule has 8 nitrogen and oxygen atoms in total. The Morgan fingerprint density at radius 3 is 1.90 bits per heavy atom. The Balaban J connectivity index is 3.68. The van der Waals surface area contributed by atoms with Gasteiger partial charge in [-0.15, -0.1) is 0 Å². The number of ether oxygens (including phenoxy) is 3. The molecule has 0 spiro atoms. The molecule has 0 aromatic carbocycles. The SMILES string of the molecule is CC/C=C\C/C=C\C/C=C\C/C=C\CCCCCCCCC(=O)OCC(O)COC(OCC[N+](C)(C)C)C(=O)[O-]. The van der Waals surface area contributed by atoms with Crippen molar-refractivity contribution >= 4 is 11.9 Å². The van der Waals surface area contributed by atoms with Crippen molar-refractivity contribution in [3.05, 3.63) is 48.6 Å². The molecular formula is C32H55NO7. The number of allylic oxidation sites excluding steroid dienone is 8. The van der Waals surface area contributed by atoms with Gasteiger partial charge in [-0.2, -0.15) is 0 Å². The summed E-state index contributed by atoms with van der Waals surface area (Å²) in [5.41, 5.74) is 0. The van der Waals surface area contributed by atoms with Gasteiger partial charge in [0.1, 0.15) is 19.3 Å². The van der Waals surface area contributed by atoms with E-state index in [2.05, 4.69) is 55.5 Å². The Hall–Kier alpha value is -2.26. The topological polar surface area (TPSA) is 105 Å². The third-order valence-corrected chi connectivity index (χ3v) is 5.82. The Labute approximate surface area is 243 Å². The molecule has 0 aromatic rings. The fourth-order valence-electron chi connectivity index (χ4n) is 3.46. The van der Waals surface area contributed by atoms with Crippen LogP contribution in [0.1, 0.15) is 84.0 Å². The number of esters is 1. The predicted molar refractivity (Wildman–Crippen MR) is 158 cm³/mol. The molecule has 230 valence electrons. The van der Waals surface area contributed by atoms with Crippen LogP contribution < -0.4 is 5.11 Å². The molecule has 0 aliphatic carbocycles. The molecule has 1 N–H and O–H groups in total. The maximum absolute atomic E-state index is 11.9. The molecule has 0 radical (unpaired) electrons. The maximum atomic E-state index is 11.9. The van der Waals surface area contributed by atoms with E-state index in [9.17, 15) is 19.8 Å². The Morgan fingerprint density at radius 2 is 1.32 bits per heavy atom. The standard InChI is InChI=1S/C32H55NO7/c1-5-6-7-8-9-10-11-12-13-14-15-16-17-18-19-20-21-22-23-24-30(35)39-27-29(34)28-40-32(31(36)37)38-26-25-33(2,3)4/h6-7,9-10,12-13,15-16,29,32,34H,5,8,11,14,17-28H2,1-4H3/b7-6-,10-9-,13-12-,16-15-. The van der Waals surface area contributed by atoms with E-state index in [1.54, 1.807) is 0 Å². The summed E-state index contributed by atoms with van der Waals surface area (Å²) in [6.07, 6.45) is 26.7. The summed E-state index contributed by atoms with van der Waals surface area (Å²) >= 11 is 0. The van der Waals surface area contributed by atoms with Crippen LogP contribution in [0.4, 0.5) is 0 Å². The molecular weight excluding hydrogens is 510 g/mol. The highest BCUT2D eigenvalue weighted by atomic mass is 16.7.